The van der Waals surface area contributed by atoms with E-state index in [4.69, 9.17) is 0 Å². The molecule has 10 rings (SSSR count). The molecule has 12 nitrogen and oxygen atoms in total. The number of carbonyl (C=O) groups excluding carboxylic acids is 8. The van der Waals surface area contributed by atoms with Crippen molar-refractivity contribution >= 4 is 101 Å². The molecule has 0 spiro atoms. The number of rotatable bonds is 22. The van der Waals surface area contributed by atoms with Crippen molar-refractivity contribution < 1.29 is 38.4 Å². The summed E-state index contributed by atoms with van der Waals surface area (Å²) in [5.41, 5.74) is 3.30. The van der Waals surface area contributed by atoms with Gasteiger partial charge in [0.15, 0.2) is 0 Å². The predicted molar refractivity (Wildman–Crippen MR) is 284 cm³/mol. The van der Waals surface area contributed by atoms with Crippen LogP contribution in [0, 0.1) is 0 Å². The molecule has 0 radical (unpaired) electrons. The van der Waals surface area contributed by atoms with Crippen LogP contribution in [0.3, 0.4) is 0 Å². The van der Waals surface area contributed by atoms with E-state index in [1.807, 2.05) is 12.1 Å². The van der Waals surface area contributed by atoms with Crippen molar-refractivity contribution in [1.29, 1.82) is 0 Å². The fraction of sp³-hybridized carbons (Fsp3) is 0.414. The normalized spacial score (nSPS) is 15.3. The minimum Gasteiger partial charge on any atom is -0.274 e. The van der Waals surface area contributed by atoms with E-state index in [9.17, 15) is 38.4 Å². The van der Waals surface area contributed by atoms with Crippen LogP contribution in [0.25, 0.3) is 51.8 Å². The number of fused-ring (bicyclic) bond motifs is 1. The molecule has 72 heavy (non-hydrogen) atoms. The number of thiophene rings is 2. The second kappa shape index (κ2) is 20.3. The SMILES string of the molecule is CCCCCCN1C(=O)c2ccc3c4c(c(-c5cc6sc(-c7cc8c9c(ccc%10c9c7C(=O)N(CCCCCC)C%10=O)C(=O)N(CCCCCC)C8=O)cc6s5)cc(c24)C1=O)C(=O)N(CCCCCC)C3=O. The zero-order valence-corrected chi connectivity index (χ0v) is 43.3. The molecule has 0 aliphatic carbocycles. The largest absolute Gasteiger partial charge is 0.274 e. The van der Waals surface area contributed by atoms with E-state index in [0.29, 0.717) is 79.2 Å². The average Bonchev–Trinajstić information content (AvgIpc) is 3.97. The quantitative estimate of drug-likeness (QED) is 0.0482. The maximum Gasteiger partial charge on any atom is 0.262 e. The first-order valence-electron chi connectivity index (χ1n) is 26.2. The Balaban J connectivity index is 1.12. The van der Waals surface area contributed by atoms with Crippen LogP contribution in [0.5, 0.6) is 0 Å². The second-order valence-electron chi connectivity index (χ2n) is 19.8. The Morgan fingerprint density at radius 1 is 0.306 bits per heavy atom. The third kappa shape index (κ3) is 8.09. The van der Waals surface area contributed by atoms with Gasteiger partial charge in [0.05, 0.1) is 11.1 Å². The van der Waals surface area contributed by atoms with Gasteiger partial charge in [-0.05, 0) is 74.2 Å². The van der Waals surface area contributed by atoms with Crippen LogP contribution in [-0.4, -0.2) is 93.0 Å². The number of imide groups is 4. The molecule has 2 aromatic heterocycles. The molecule has 0 bridgehead atoms. The van der Waals surface area contributed by atoms with Crippen molar-refractivity contribution in [2.75, 3.05) is 26.2 Å². The zero-order valence-electron chi connectivity index (χ0n) is 41.6. The van der Waals surface area contributed by atoms with E-state index in [1.165, 1.54) is 42.3 Å². The van der Waals surface area contributed by atoms with Crippen molar-refractivity contribution in [3.05, 3.63) is 93.0 Å². The summed E-state index contributed by atoms with van der Waals surface area (Å²) in [6.07, 6.45) is 13.9. The third-order valence-electron chi connectivity index (χ3n) is 15.0. The van der Waals surface area contributed by atoms with Gasteiger partial charge >= 0.3 is 0 Å². The number of amides is 8. The molecule has 4 aliphatic heterocycles. The van der Waals surface area contributed by atoms with Crippen LogP contribution in [0.2, 0.25) is 0 Å². The summed E-state index contributed by atoms with van der Waals surface area (Å²) >= 11 is 2.82. The van der Waals surface area contributed by atoms with Gasteiger partial charge in [-0.2, -0.15) is 0 Å². The fourth-order valence-electron chi connectivity index (χ4n) is 11.2. The predicted octanol–water partition coefficient (Wildman–Crippen LogP) is 13.3. The van der Waals surface area contributed by atoms with Crippen LogP contribution in [0.1, 0.15) is 213 Å². The molecule has 0 saturated heterocycles. The Morgan fingerprint density at radius 2 is 0.583 bits per heavy atom. The van der Waals surface area contributed by atoms with E-state index in [1.54, 1.807) is 36.4 Å². The Hall–Kier alpha value is -6.38. The van der Waals surface area contributed by atoms with Crippen LogP contribution in [0.15, 0.2) is 48.5 Å². The van der Waals surface area contributed by atoms with Crippen molar-refractivity contribution in [3.63, 3.8) is 0 Å². The van der Waals surface area contributed by atoms with Gasteiger partial charge in [0.1, 0.15) is 0 Å². The van der Waals surface area contributed by atoms with Crippen molar-refractivity contribution in [2.24, 2.45) is 0 Å². The highest BCUT2D eigenvalue weighted by atomic mass is 32.1. The smallest absolute Gasteiger partial charge is 0.262 e. The molecule has 0 fully saturated rings. The fourth-order valence-corrected chi connectivity index (χ4v) is 13.7. The Kier molecular flexibility index (Phi) is 13.8. The molecule has 14 heteroatoms. The van der Waals surface area contributed by atoms with E-state index >= 15 is 0 Å². The molecule has 4 aromatic carbocycles. The van der Waals surface area contributed by atoms with Gasteiger partial charge in [-0.15, -0.1) is 22.7 Å². The number of nitrogens with zero attached hydrogens (tertiary/aromatic N) is 4. The molecule has 8 amide bonds. The number of benzene rings is 4. The lowest BCUT2D eigenvalue weighted by atomic mass is 9.83. The first-order valence-corrected chi connectivity index (χ1v) is 27.8. The van der Waals surface area contributed by atoms with Crippen molar-refractivity contribution in [2.45, 2.75) is 130 Å². The topological polar surface area (TPSA) is 150 Å². The highest BCUT2D eigenvalue weighted by Crippen LogP contribution is 2.50. The molecule has 0 unspecified atom stereocenters. The summed E-state index contributed by atoms with van der Waals surface area (Å²) in [6, 6.07) is 13.9. The van der Waals surface area contributed by atoms with E-state index < -0.39 is 47.3 Å². The summed E-state index contributed by atoms with van der Waals surface area (Å²) in [6.45, 7) is 9.38. The Bertz CT molecular complexity index is 3060. The lowest BCUT2D eigenvalue weighted by molar-refractivity contribution is 0.0586. The lowest BCUT2D eigenvalue weighted by Gasteiger charge is -2.33. The first kappa shape index (κ1) is 49.2. The summed E-state index contributed by atoms with van der Waals surface area (Å²) in [4.78, 5) is 122. The maximum absolute atomic E-state index is 14.9. The number of carbonyl (C=O) groups is 8. The Morgan fingerprint density at radius 3 is 0.889 bits per heavy atom. The first-order chi connectivity index (χ1) is 34.9. The second-order valence-corrected chi connectivity index (χ2v) is 21.9. The molecule has 6 heterocycles. The Labute approximate surface area is 427 Å². The van der Waals surface area contributed by atoms with Gasteiger partial charge in [0, 0.05) is 111 Å². The molecule has 0 saturated carbocycles. The molecule has 0 N–H and O–H groups in total. The van der Waals surface area contributed by atoms with Gasteiger partial charge in [-0.25, -0.2) is 0 Å². The minimum absolute atomic E-state index is 0.237. The summed E-state index contributed by atoms with van der Waals surface area (Å²) in [5.74, 6) is -3.57. The van der Waals surface area contributed by atoms with Gasteiger partial charge in [-0.1, -0.05) is 105 Å². The van der Waals surface area contributed by atoms with Crippen molar-refractivity contribution in [3.8, 4) is 20.9 Å². The molecule has 0 atom stereocenters. The van der Waals surface area contributed by atoms with Gasteiger partial charge in [-0.3, -0.25) is 58.0 Å². The number of hydrogen-bond acceptors (Lipinski definition) is 10. The standard InChI is InChI=1S/C58H60N4O8S2/c1-5-9-13-17-25-59-51(63)33-21-23-35-47-45(33)39(55(59)67)29-37(49(47)57(69)61(53(35)65)27-19-15-11-7-3)41-31-43-44(71-41)32-42(72-43)38-30-40-46-34(52(64)60(56(40)68)26-18-14-10-6-2)22-24-36-48(46)50(38)58(70)62(54(36)66)28-20-16-12-8-4/h21-24,29-32H,5-20,25-28H2,1-4H3. The monoisotopic (exact) mass is 1000 g/mol. The van der Waals surface area contributed by atoms with Crippen LogP contribution in [-0.2, 0) is 0 Å². The minimum atomic E-state index is -0.462. The van der Waals surface area contributed by atoms with Crippen LogP contribution in [0.4, 0.5) is 0 Å². The maximum atomic E-state index is 14.9. The molecule has 6 aromatic rings. The van der Waals surface area contributed by atoms with E-state index in [2.05, 4.69) is 27.7 Å². The zero-order chi connectivity index (χ0) is 50.5. The summed E-state index contributed by atoms with van der Waals surface area (Å²) < 4.78 is 1.64. The van der Waals surface area contributed by atoms with Gasteiger partial charge < -0.3 is 0 Å². The van der Waals surface area contributed by atoms with Crippen molar-refractivity contribution in [1.82, 2.24) is 19.6 Å². The number of unbranched alkanes of at least 4 members (excludes halogenated alkanes) is 12. The molecule has 372 valence electrons. The highest BCUT2D eigenvalue weighted by Gasteiger charge is 2.44. The van der Waals surface area contributed by atoms with E-state index in [-0.39, 0.29) is 59.6 Å². The average molecular weight is 1010 g/mol. The summed E-state index contributed by atoms with van der Waals surface area (Å²) in [7, 11) is 0. The van der Waals surface area contributed by atoms with Crippen LogP contribution < -0.4 is 0 Å². The molecule has 4 aliphatic rings. The van der Waals surface area contributed by atoms with Crippen LogP contribution >= 0.6 is 22.7 Å². The van der Waals surface area contributed by atoms with E-state index in [0.717, 1.165) is 86.4 Å². The van der Waals surface area contributed by atoms with Gasteiger partial charge in [0.2, 0.25) is 0 Å². The third-order valence-corrected chi connectivity index (χ3v) is 17.4. The highest BCUT2D eigenvalue weighted by molar-refractivity contribution is 7.31. The molecular formula is C58H60N4O8S2. The molecular weight excluding hydrogens is 945 g/mol. The summed E-state index contributed by atoms with van der Waals surface area (Å²) in [5, 5.41) is 1.35. The number of hydrogen-bond donors (Lipinski definition) is 0. The lowest BCUT2D eigenvalue weighted by Crippen LogP contribution is -2.44. The van der Waals surface area contributed by atoms with Gasteiger partial charge in [0.25, 0.3) is 47.3 Å².